The summed E-state index contributed by atoms with van der Waals surface area (Å²) in [7, 11) is 3.32. The third-order valence-corrected chi connectivity index (χ3v) is 3.90. The van der Waals surface area contributed by atoms with E-state index >= 15 is 0 Å². The first-order chi connectivity index (χ1) is 12.7. The molecule has 0 spiro atoms. The number of ether oxygens (including phenoxy) is 2. The number of nitrogens with zero attached hydrogens (tertiary/aromatic N) is 2. The zero-order valence-electron chi connectivity index (χ0n) is 16.0. The summed E-state index contributed by atoms with van der Waals surface area (Å²) < 4.78 is 10.6. The summed E-state index contributed by atoms with van der Waals surface area (Å²) in [5.41, 5.74) is 3.47. The highest BCUT2D eigenvalue weighted by Crippen LogP contribution is 2.19. The fourth-order valence-corrected chi connectivity index (χ4v) is 2.59. The molecule has 6 heteroatoms. The van der Waals surface area contributed by atoms with Gasteiger partial charge in [-0.2, -0.15) is 0 Å². The first-order valence-corrected chi connectivity index (χ1v) is 8.81. The average molecular weight is 356 g/mol. The van der Waals surface area contributed by atoms with Gasteiger partial charge in [0.25, 0.3) is 0 Å². The second-order valence-electron chi connectivity index (χ2n) is 5.89. The van der Waals surface area contributed by atoms with Gasteiger partial charge in [0.05, 0.1) is 20.8 Å². The largest absolute Gasteiger partial charge is 0.496 e. The Bertz CT molecular complexity index is 732. The van der Waals surface area contributed by atoms with Crippen molar-refractivity contribution in [2.24, 2.45) is 4.99 Å². The molecule has 140 valence electrons. The average Bonchev–Trinajstić information content (AvgIpc) is 2.66. The molecule has 2 rings (SSSR count). The van der Waals surface area contributed by atoms with Crippen LogP contribution in [0.2, 0.25) is 0 Å². The highest BCUT2D eigenvalue weighted by molar-refractivity contribution is 5.79. The van der Waals surface area contributed by atoms with Crippen LogP contribution in [0.15, 0.2) is 41.5 Å². The predicted molar refractivity (Wildman–Crippen MR) is 105 cm³/mol. The number of rotatable bonds is 8. The summed E-state index contributed by atoms with van der Waals surface area (Å²) in [5.74, 6) is 2.31. The van der Waals surface area contributed by atoms with E-state index in [1.54, 1.807) is 20.4 Å². The van der Waals surface area contributed by atoms with Crippen LogP contribution in [0.5, 0.6) is 11.6 Å². The van der Waals surface area contributed by atoms with Gasteiger partial charge in [0, 0.05) is 25.4 Å². The lowest BCUT2D eigenvalue weighted by Gasteiger charge is -2.13. The molecule has 0 aliphatic rings. The van der Waals surface area contributed by atoms with Gasteiger partial charge in [0.2, 0.25) is 5.88 Å². The van der Waals surface area contributed by atoms with E-state index in [0.717, 1.165) is 36.8 Å². The Morgan fingerprint density at radius 2 is 1.96 bits per heavy atom. The molecule has 0 aliphatic carbocycles. The molecule has 1 aromatic carbocycles. The Balaban J connectivity index is 1.96. The predicted octanol–water partition coefficient (Wildman–Crippen LogP) is 2.71. The van der Waals surface area contributed by atoms with E-state index in [1.165, 1.54) is 11.1 Å². The number of nitrogens with one attached hydrogen (secondary N) is 2. The standard InChI is InChI=1S/C20H28N4O2/c1-5-21-20(24-14-16-8-10-22-19(13-16)26-4)23-11-9-17-12-15(2)6-7-18(17)25-3/h6-8,10,12-13H,5,9,11,14H2,1-4H3,(H2,21,23,24). The number of hydrogen-bond donors (Lipinski definition) is 2. The van der Waals surface area contributed by atoms with E-state index in [-0.39, 0.29) is 0 Å². The van der Waals surface area contributed by atoms with Crippen molar-refractivity contribution in [3.8, 4) is 11.6 Å². The molecule has 0 saturated carbocycles. The van der Waals surface area contributed by atoms with Crippen LogP contribution >= 0.6 is 0 Å². The lowest BCUT2D eigenvalue weighted by atomic mass is 10.1. The summed E-state index contributed by atoms with van der Waals surface area (Å²) in [4.78, 5) is 8.74. The molecular formula is C20H28N4O2. The van der Waals surface area contributed by atoms with Gasteiger partial charge in [-0.1, -0.05) is 17.7 Å². The fourth-order valence-electron chi connectivity index (χ4n) is 2.59. The minimum absolute atomic E-state index is 0.558. The minimum atomic E-state index is 0.558. The van der Waals surface area contributed by atoms with E-state index in [1.807, 2.05) is 18.2 Å². The molecule has 0 amide bonds. The Morgan fingerprint density at radius 1 is 1.12 bits per heavy atom. The van der Waals surface area contributed by atoms with Crippen LogP contribution in [-0.4, -0.2) is 38.3 Å². The Hall–Kier alpha value is -2.76. The summed E-state index contributed by atoms with van der Waals surface area (Å²) >= 11 is 0. The van der Waals surface area contributed by atoms with Gasteiger partial charge in [-0.3, -0.25) is 0 Å². The van der Waals surface area contributed by atoms with Crippen molar-refractivity contribution >= 4 is 5.96 Å². The number of aromatic nitrogens is 1. The van der Waals surface area contributed by atoms with E-state index in [2.05, 4.69) is 46.6 Å². The molecule has 0 aliphatic heterocycles. The van der Waals surface area contributed by atoms with Gasteiger partial charge in [0.1, 0.15) is 5.75 Å². The zero-order chi connectivity index (χ0) is 18.8. The van der Waals surface area contributed by atoms with Crippen LogP contribution < -0.4 is 20.1 Å². The number of aliphatic imine (C=N–C) groups is 1. The highest BCUT2D eigenvalue weighted by atomic mass is 16.5. The summed E-state index contributed by atoms with van der Waals surface area (Å²) in [6.45, 7) is 6.27. The Morgan fingerprint density at radius 3 is 2.69 bits per heavy atom. The minimum Gasteiger partial charge on any atom is -0.496 e. The molecule has 1 heterocycles. The van der Waals surface area contributed by atoms with Crippen molar-refractivity contribution in [2.75, 3.05) is 27.3 Å². The maximum absolute atomic E-state index is 5.44. The topological polar surface area (TPSA) is 67.8 Å². The van der Waals surface area contributed by atoms with Crippen molar-refractivity contribution in [1.29, 1.82) is 0 Å². The van der Waals surface area contributed by atoms with Gasteiger partial charge in [-0.05, 0) is 43.5 Å². The molecule has 0 radical (unpaired) electrons. The number of guanidine groups is 1. The lowest BCUT2D eigenvalue weighted by Crippen LogP contribution is -2.38. The summed E-state index contributed by atoms with van der Waals surface area (Å²) in [6.07, 6.45) is 2.59. The molecular weight excluding hydrogens is 328 g/mol. The van der Waals surface area contributed by atoms with Crippen LogP contribution in [0, 0.1) is 6.92 Å². The van der Waals surface area contributed by atoms with Crippen molar-refractivity contribution in [2.45, 2.75) is 26.8 Å². The molecule has 0 unspecified atom stereocenters. The molecule has 0 atom stereocenters. The van der Waals surface area contributed by atoms with Crippen LogP contribution in [0.25, 0.3) is 0 Å². The third-order valence-electron chi connectivity index (χ3n) is 3.90. The summed E-state index contributed by atoms with van der Waals surface area (Å²) in [5, 5.41) is 6.64. The normalized spacial score (nSPS) is 11.2. The monoisotopic (exact) mass is 356 g/mol. The lowest BCUT2D eigenvalue weighted by molar-refractivity contribution is 0.397. The van der Waals surface area contributed by atoms with Crippen molar-refractivity contribution in [3.63, 3.8) is 0 Å². The number of hydrogen-bond acceptors (Lipinski definition) is 4. The first-order valence-electron chi connectivity index (χ1n) is 8.81. The van der Waals surface area contributed by atoms with Crippen LogP contribution in [-0.2, 0) is 13.0 Å². The Kier molecular flexibility index (Phi) is 7.74. The van der Waals surface area contributed by atoms with Gasteiger partial charge in [-0.15, -0.1) is 0 Å². The number of benzene rings is 1. The van der Waals surface area contributed by atoms with Crippen LogP contribution in [0.4, 0.5) is 0 Å². The van der Waals surface area contributed by atoms with Crippen molar-refractivity contribution < 1.29 is 9.47 Å². The molecule has 26 heavy (non-hydrogen) atoms. The number of aryl methyl sites for hydroxylation is 1. The quantitative estimate of drug-likeness (QED) is 0.562. The number of pyridine rings is 1. The molecule has 0 bridgehead atoms. The van der Waals surface area contributed by atoms with E-state index in [4.69, 9.17) is 9.47 Å². The molecule has 2 aromatic rings. The molecule has 2 N–H and O–H groups in total. The van der Waals surface area contributed by atoms with E-state index in [0.29, 0.717) is 12.4 Å². The SMILES string of the molecule is CCNC(=NCc1ccnc(OC)c1)NCCc1cc(C)ccc1OC. The van der Waals surface area contributed by atoms with Crippen LogP contribution in [0.1, 0.15) is 23.6 Å². The van der Waals surface area contributed by atoms with Crippen molar-refractivity contribution in [3.05, 3.63) is 53.2 Å². The number of methoxy groups -OCH3 is 2. The molecule has 1 aromatic heterocycles. The van der Waals surface area contributed by atoms with Gasteiger partial charge in [0.15, 0.2) is 5.96 Å². The van der Waals surface area contributed by atoms with Crippen molar-refractivity contribution in [1.82, 2.24) is 15.6 Å². The first kappa shape index (κ1) is 19.6. The fraction of sp³-hybridized carbons (Fsp3) is 0.400. The second-order valence-corrected chi connectivity index (χ2v) is 5.89. The van der Waals surface area contributed by atoms with E-state index in [9.17, 15) is 0 Å². The molecule has 6 nitrogen and oxygen atoms in total. The molecule has 0 saturated heterocycles. The van der Waals surface area contributed by atoms with E-state index < -0.39 is 0 Å². The zero-order valence-corrected chi connectivity index (χ0v) is 16.0. The van der Waals surface area contributed by atoms with Crippen LogP contribution in [0.3, 0.4) is 0 Å². The smallest absolute Gasteiger partial charge is 0.213 e. The van der Waals surface area contributed by atoms with Gasteiger partial charge in [-0.25, -0.2) is 9.98 Å². The maximum atomic E-state index is 5.44. The maximum Gasteiger partial charge on any atom is 0.213 e. The highest BCUT2D eigenvalue weighted by Gasteiger charge is 2.04. The second kappa shape index (κ2) is 10.3. The Labute approximate surface area is 155 Å². The molecule has 0 fully saturated rings. The van der Waals surface area contributed by atoms with Gasteiger partial charge >= 0.3 is 0 Å². The van der Waals surface area contributed by atoms with Gasteiger partial charge < -0.3 is 20.1 Å². The third kappa shape index (κ3) is 5.95. The summed E-state index contributed by atoms with van der Waals surface area (Å²) in [6, 6.07) is 10.1.